The zero-order chi connectivity index (χ0) is 31.8. The van der Waals surface area contributed by atoms with Gasteiger partial charge in [0.2, 0.25) is 0 Å². The van der Waals surface area contributed by atoms with E-state index in [4.69, 9.17) is 4.74 Å². The third kappa shape index (κ3) is 5.82. The first-order chi connectivity index (χ1) is 22.4. The first kappa shape index (κ1) is 29.6. The summed E-state index contributed by atoms with van der Waals surface area (Å²) < 4.78 is 20.8. The molecule has 4 aromatic rings. The van der Waals surface area contributed by atoms with E-state index in [1.54, 1.807) is 19.2 Å². The summed E-state index contributed by atoms with van der Waals surface area (Å²) >= 11 is 0. The van der Waals surface area contributed by atoms with Gasteiger partial charge in [0.25, 0.3) is 17.4 Å². The highest BCUT2D eigenvalue weighted by Gasteiger charge is 2.35. The lowest BCUT2D eigenvalue weighted by molar-refractivity contribution is 0.0746. The van der Waals surface area contributed by atoms with E-state index in [2.05, 4.69) is 15.1 Å². The van der Waals surface area contributed by atoms with Gasteiger partial charge in [0.15, 0.2) is 0 Å². The van der Waals surface area contributed by atoms with Crippen LogP contribution in [0.5, 0.6) is 5.75 Å². The van der Waals surface area contributed by atoms with Crippen LogP contribution in [0.25, 0.3) is 0 Å². The predicted octanol–water partition coefficient (Wildman–Crippen LogP) is 4.83. The number of aromatic nitrogens is 1. The molecule has 7 rings (SSSR count). The van der Waals surface area contributed by atoms with E-state index in [1.165, 1.54) is 24.3 Å². The van der Waals surface area contributed by atoms with E-state index in [0.717, 1.165) is 35.8 Å². The lowest BCUT2D eigenvalue weighted by Crippen LogP contribution is -2.49. The highest BCUT2D eigenvalue weighted by molar-refractivity contribution is 6.07. The summed E-state index contributed by atoms with van der Waals surface area (Å²) in [6.45, 7) is 4.59. The molecular formula is C36H36FN5O4. The Labute approximate surface area is 266 Å². The molecule has 0 spiro atoms. The van der Waals surface area contributed by atoms with Crippen LogP contribution in [0.3, 0.4) is 0 Å². The number of pyridine rings is 1. The molecule has 2 unspecified atom stereocenters. The molecule has 3 aliphatic rings. The van der Waals surface area contributed by atoms with Crippen molar-refractivity contribution in [1.82, 2.24) is 9.47 Å². The molecule has 4 heterocycles. The highest BCUT2D eigenvalue weighted by atomic mass is 19.1. The Bertz CT molecular complexity index is 1820. The van der Waals surface area contributed by atoms with Gasteiger partial charge in [-0.1, -0.05) is 6.07 Å². The number of rotatable bonds is 6. The van der Waals surface area contributed by atoms with E-state index in [0.29, 0.717) is 56.1 Å². The third-order valence-corrected chi connectivity index (χ3v) is 9.42. The Morgan fingerprint density at radius 3 is 2.30 bits per heavy atom. The summed E-state index contributed by atoms with van der Waals surface area (Å²) in [5.41, 5.74) is 4.31. The van der Waals surface area contributed by atoms with Crippen LogP contribution in [0, 0.1) is 11.7 Å². The average Bonchev–Trinajstić information content (AvgIpc) is 3.09. The number of hydrogen-bond donors (Lipinski definition) is 1. The summed E-state index contributed by atoms with van der Waals surface area (Å²) in [6, 6.07) is 24.3. The van der Waals surface area contributed by atoms with E-state index in [-0.39, 0.29) is 29.2 Å². The van der Waals surface area contributed by atoms with Crippen LogP contribution in [0.2, 0.25) is 0 Å². The maximum absolute atomic E-state index is 13.8. The summed E-state index contributed by atoms with van der Waals surface area (Å²) in [7, 11) is 1.64. The van der Waals surface area contributed by atoms with Crippen molar-refractivity contribution in [3.63, 3.8) is 0 Å². The number of halogens is 1. The predicted molar refractivity (Wildman–Crippen MR) is 176 cm³/mol. The SMILES string of the molecule is COc1ccc(N2CCN(C(=O)c3ccc(N4CC5CC(C4)c4cccc(=O)n4C5)c(NC(=O)c4ccc(F)cc4)c3)CC2)cc1. The van der Waals surface area contributed by atoms with E-state index >= 15 is 0 Å². The molecule has 1 aromatic heterocycles. The number of methoxy groups -OCH3 is 1. The summed E-state index contributed by atoms with van der Waals surface area (Å²) in [5.74, 6) is 0.350. The van der Waals surface area contributed by atoms with E-state index in [9.17, 15) is 18.8 Å². The Morgan fingerprint density at radius 1 is 0.826 bits per heavy atom. The van der Waals surface area contributed by atoms with E-state index in [1.807, 2.05) is 58.0 Å². The number of anilines is 3. The van der Waals surface area contributed by atoms with Gasteiger partial charge in [-0.25, -0.2) is 4.39 Å². The van der Waals surface area contributed by atoms with Gasteiger partial charge in [-0.2, -0.15) is 0 Å². The summed E-state index contributed by atoms with van der Waals surface area (Å²) in [6.07, 6.45) is 0.996. The molecule has 3 aliphatic heterocycles. The van der Waals surface area contributed by atoms with Gasteiger partial charge in [0.1, 0.15) is 11.6 Å². The molecule has 236 valence electrons. The Morgan fingerprint density at radius 2 is 1.57 bits per heavy atom. The molecule has 9 nitrogen and oxygen atoms in total. The minimum Gasteiger partial charge on any atom is -0.497 e. The van der Waals surface area contributed by atoms with Crippen LogP contribution in [0.4, 0.5) is 21.5 Å². The number of carbonyl (C=O) groups excluding carboxylic acids is 2. The fourth-order valence-corrected chi connectivity index (χ4v) is 7.08. The zero-order valence-electron chi connectivity index (χ0n) is 25.7. The quantitative estimate of drug-likeness (QED) is 0.332. The first-order valence-corrected chi connectivity index (χ1v) is 15.7. The van der Waals surface area contributed by atoms with E-state index < -0.39 is 5.82 Å². The molecule has 2 atom stereocenters. The highest BCUT2D eigenvalue weighted by Crippen LogP contribution is 2.39. The van der Waals surface area contributed by atoms with Gasteiger partial charge in [-0.05, 0) is 85.1 Å². The average molecular weight is 622 g/mol. The van der Waals surface area contributed by atoms with Crippen molar-refractivity contribution in [3.8, 4) is 5.75 Å². The maximum Gasteiger partial charge on any atom is 0.255 e. The minimum atomic E-state index is -0.420. The van der Waals surface area contributed by atoms with Gasteiger partial charge in [-0.3, -0.25) is 14.4 Å². The van der Waals surface area contributed by atoms with Crippen molar-refractivity contribution in [3.05, 3.63) is 118 Å². The third-order valence-electron chi connectivity index (χ3n) is 9.42. The number of nitrogens with zero attached hydrogens (tertiary/aromatic N) is 4. The van der Waals surface area contributed by atoms with Crippen molar-refractivity contribution in [2.24, 2.45) is 5.92 Å². The molecule has 1 N–H and O–H groups in total. The van der Waals surface area contributed by atoms with Gasteiger partial charge >= 0.3 is 0 Å². The zero-order valence-corrected chi connectivity index (χ0v) is 25.7. The fourth-order valence-electron chi connectivity index (χ4n) is 7.08. The number of carbonyl (C=O) groups is 2. The number of piperidine rings is 1. The standard InChI is InChI=1S/C36H36FN5O4/c1-46-30-12-10-29(11-13-30)39-15-17-40(18-16-39)36(45)26-7-14-33(31(20-26)38-35(44)25-5-8-28(37)9-6-25)41-21-24-19-27(23-41)32-3-2-4-34(43)42(32)22-24/h2-14,20,24,27H,15-19,21-23H2,1H3,(H,38,44). The molecule has 0 saturated carbocycles. The maximum atomic E-state index is 13.8. The molecule has 0 radical (unpaired) electrons. The second kappa shape index (κ2) is 12.3. The first-order valence-electron chi connectivity index (χ1n) is 15.7. The number of amides is 2. The van der Waals surface area contributed by atoms with Crippen LogP contribution < -0.4 is 25.4 Å². The number of fused-ring (bicyclic) bond motifs is 4. The number of ether oxygens (including phenoxy) is 1. The van der Waals surface area contributed by atoms with Crippen molar-refractivity contribution < 1.29 is 18.7 Å². The number of benzene rings is 3. The molecule has 3 aromatic carbocycles. The van der Waals surface area contributed by atoms with Crippen molar-refractivity contribution in [2.45, 2.75) is 18.9 Å². The monoisotopic (exact) mass is 621 g/mol. The van der Waals surface area contributed by atoms with Crippen molar-refractivity contribution >= 4 is 28.9 Å². The van der Waals surface area contributed by atoms with Crippen LogP contribution in [-0.2, 0) is 6.54 Å². The summed E-state index contributed by atoms with van der Waals surface area (Å²) in [5, 5.41) is 3.03. The van der Waals surface area contributed by atoms with Gasteiger partial charge in [0, 0.05) is 80.3 Å². The lowest BCUT2D eigenvalue weighted by atomic mass is 9.83. The number of nitrogens with one attached hydrogen (secondary N) is 1. The van der Waals surface area contributed by atoms with Gasteiger partial charge < -0.3 is 29.3 Å². The molecule has 2 amide bonds. The minimum absolute atomic E-state index is 0.0283. The Hall–Kier alpha value is -5.12. The van der Waals surface area contributed by atoms with Crippen LogP contribution >= 0.6 is 0 Å². The lowest BCUT2D eigenvalue weighted by Gasteiger charge is -2.44. The smallest absolute Gasteiger partial charge is 0.255 e. The molecule has 46 heavy (non-hydrogen) atoms. The van der Waals surface area contributed by atoms with Gasteiger partial charge in [-0.15, -0.1) is 0 Å². The molecule has 2 fully saturated rings. The summed E-state index contributed by atoms with van der Waals surface area (Å²) in [4.78, 5) is 46.0. The molecule has 2 saturated heterocycles. The molecule has 0 aliphatic carbocycles. The molecular weight excluding hydrogens is 585 g/mol. The van der Waals surface area contributed by atoms with Crippen LogP contribution in [0.15, 0.2) is 89.7 Å². The second-order valence-corrected chi connectivity index (χ2v) is 12.3. The number of piperazine rings is 1. The van der Waals surface area contributed by atoms with Crippen molar-refractivity contribution in [1.29, 1.82) is 0 Å². The van der Waals surface area contributed by atoms with Crippen LogP contribution in [-0.4, -0.2) is 67.7 Å². The Balaban J connectivity index is 1.13. The normalized spacial score (nSPS) is 19.0. The largest absolute Gasteiger partial charge is 0.497 e. The molecule has 10 heteroatoms. The fraction of sp³-hybridized carbons (Fsp3) is 0.306. The second-order valence-electron chi connectivity index (χ2n) is 12.3. The van der Waals surface area contributed by atoms with Crippen LogP contribution in [0.1, 0.15) is 38.7 Å². The topological polar surface area (TPSA) is 87.1 Å². The van der Waals surface area contributed by atoms with Gasteiger partial charge in [0.05, 0.1) is 18.5 Å². The molecule has 2 bridgehead atoms. The number of hydrogen-bond acceptors (Lipinski definition) is 6. The van der Waals surface area contributed by atoms with Crippen molar-refractivity contribution in [2.75, 3.05) is 61.5 Å². The Kier molecular flexibility index (Phi) is 7.94.